The maximum atomic E-state index is 12.0. The van der Waals surface area contributed by atoms with E-state index in [1.807, 2.05) is 6.92 Å². The number of amides is 2. The zero-order valence-corrected chi connectivity index (χ0v) is 10.7. The standard InChI is InChI=1S/C11H15N3O2S/c1-7-9(17-6-13-7)5-14(2)11(16)8-3-10(15)12-4-8/h6,8H,3-5H2,1-2H3,(H,12,15). The lowest BCUT2D eigenvalue weighted by atomic mass is 10.1. The number of aromatic nitrogens is 1. The average molecular weight is 253 g/mol. The Bertz CT molecular complexity index is 444. The number of thiazole rings is 1. The summed E-state index contributed by atoms with van der Waals surface area (Å²) < 4.78 is 0. The van der Waals surface area contributed by atoms with Gasteiger partial charge in [0.2, 0.25) is 11.8 Å². The minimum absolute atomic E-state index is 0.0242. The minimum atomic E-state index is -0.208. The number of hydrogen-bond acceptors (Lipinski definition) is 4. The van der Waals surface area contributed by atoms with Gasteiger partial charge in [-0.15, -0.1) is 11.3 Å². The summed E-state index contributed by atoms with van der Waals surface area (Å²) in [4.78, 5) is 30.0. The number of rotatable bonds is 3. The van der Waals surface area contributed by atoms with Crippen LogP contribution in [0.3, 0.4) is 0 Å². The number of carbonyl (C=O) groups excluding carboxylic acids is 2. The molecule has 1 fully saturated rings. The lowest BCUT2D eigenvalue weighted by molar-refractivity contribution is -0.135. The van der Waals surface area contributed by atoms with Gasteiger partial charge in [-0.2, -0.15) is 0 Å². The Hall–Kier alpha value is -1.43. The SMILES string of the molecule is Cc1ncsc1CN(C)C(=O)C1CNC(=O)C1. The molecule has 0 radical (unpaired) electrons. The third-order valence-corrected chi connectivity index (χ3v) is 3.85. The van der Waals surface area contributed by atoms with Crippen molar-refractivity contribution in [1.29, 1.82) is 0 Å². The van der Waals surface area contributed by atoms with E-state index >= 15 is 0 Å². The molecule has 92 valence electrons. The molecule has 0 bridgehead atoms. The quantitative estimate of drug-likeness (QED) is 0.855. The van der Waals surface area contributed by atoms with Crippen molar-refractivity contribution in [3.05, 3.63) is 16.1 Å². The van der Waals surface area contributed by atoms with Gasteiger partial charge in [-0.3, -0.25) is 9.59 Å². The first-order valence-corrected chi connectivity index (χ1v) is 6.36. The second-order valence-corrected chi connectivity index (χ2v) is 5.20. The van der Waals surface area contributed by atoms with E-state index in [2.05, 4.69) is 10.3 Å². The van der Waals surface area contributed by atoms with Crippen molar-refractivity contribution in [2.45, 2.75) is 19.9 Å². The average Bonchev–Trinajstić information content (AvgIpc) is 2.88. The second kappa shape index (κ2) is 4.83. The number of hydrogen-bond donors (Lipinski definition) is 1. The van der Waals surface area contributed by atoms with Crippen molar-refractivity contribution in [2.24, 2.45) is 5.92 Å². The number of carbonyl (C=O) groups is 2. The van der Waals surface area contributed by atoms with Crippen molar-refractivity contribution in [1.82, 2.24) is 15.2 Å². The molecule has 2 amide bonds. The molecular weight excluding hydrogens is 238 g/mol. The fraction of sp³-hybridized carbons (Fsp3) is 0.545. The molecule has 1 aromatic heterocycles. The Balaban J connectivity index is 1.96. The van der Waals surface area contributed by atoms with E-state index in [0.29, 0.717) is 19.5 Å². The first-order valence-electron chi connectivity index (χ1n) is 5.48. The molecule has 1 saturated heterocycles. The van der Waals surface area contributed by atoms with Crippen molar-refractivity contribution in [3.63, 3.8) is 0 Å². The summed E-state index contributed by atoms with van der Waals surface area (Å²) in [5.41, 5.74) is 2.75. The predicted molar refractivity (Wildman–Crippen MR) is 64.4 cm³/mol. The molecule has 1 atom stereocenters. The molecule has 1 aliphatic rings. The maximum absolute atomic E-state index is 12.0. The molecule has 1 unspecified atom stereocenters. The first kappa shape index (κ1) is 12.0. The third-order valence-electron chi connectivity index (χ3n) is 2.93. The fourth-order valence-corrected chi connectivity index (χ4v) is 2.69. The first-order chi connectivity index (χ1) is 8.08. The van der Waals surface area contributed by atoms with Crippen LogP contribution in [0.25, 0.3) is 0 Å². The summed E-state index contributed by atoms with van der Waals surface area (Å²) in [7, 11) is 1.77. The van der Waals surface area contributed by atoms with Gasteiger partial charge in [-0.25, -0.2) is 4.98 Å². The van der Waals surface area contributed by atoms with E-state index in [9.17, 15) is 9.59 Å². The highest BCUT2D eigenvalue weighted by Gasteiger charge is 2.30. The molecule has 1 aliphatic heterocycles. The minimum Gasteiger partial charge on any atom is -0.355 e. The summed E-state index contributed by atoms with van der Waals surface area (Å²) in [5, 5.41) is 2.68. The van der Waals surface area contributed by atoms with Crippen molar-refractivity contribution in [2.75, 3.05) is 13.6 Å². The fourth-order valence-electron chi connectivity index (χ4n) is 1.86. The van der Waals surface area contributed by atoms with E-state index < -0.39 is 0 Å². The van der Waals surface area contributed by atoms with Crippen LogP contribution in [-0.4, -0.2) is 35.3 Å². The monoisotopic (exact) mass is 253 g/mol. The lowest BCUT2D eigenvalue weighted by Gasteiger charge is -2.19. The highest BCUT2D eigenvalue weighted by atomic mass is 32.1. The molecule has 5 nitrogen and oxygen atoms in total. The van der Waals surface area contributed by atoms with Gasteiger partial charge in [0.15, 0.2) is 0 Å². The van der Waals surface area contributed by atoms with Gasteiger partial charge in [0, 0.05) is 24.9 Å². The summed E-state index contributed by atoms with van der Waals surface area (Å²) in [6.07, 6.45) is 0.310. The van der Waals surface area contributed by atoms with Crippen LogP contribution >= 0.6 is 11.3 Å². The van der Waals surface area contributed by atoms with Crippen molar-refractivity contribution < 1.29 is 9.59 Å². The molecule has 1 aromatic rings. The molecule has 17 heavy (non-hydrogen) atoms. The van der Waals surface area contributed by atoms with E-state index in [1.165, 1.54) is 0 Å². The Morgan fingerprint density at radius 3 is 3.00 bits per heavy atom. The van der Waals surface area contributed by atoms with Crippen molar-refractivity contribution >= 4 is 23.2 Å². The Morgan fingerprint density at radius 1 is 1.71 bits per heavy atom. The second-order valence-electron chi connectivity index (χ2n) is 4.26. The van der Waals surface area contributed by atoms with Crippen LogP contribution in [0.15, 0.2) is 5.51 Å². The Labute approximate surface area is 104 Å². The Kier molecular flexibility index (Phi) is 3.42. The molecule has 0 saturated carbocycles. The van der Waals surface area contributed by atoms with E-state index in [-0.39, 0.29) is 17.7 Å². The third kappa shape index (κ3) is 2.63. The van der Waals surface area contributed by atoms with Crippen molar-refractivity contribution in [3.8, 4) is 0 Å². The molecular formula is C11H15N3O2S. The van der Waals surface area contributed by atoms with Gasteiger partial charge in [0.25, 0.3) is 0 Å². The molecule has 0 aromatic carbocycles. The van der Waals surface area contributed by atoms with Crippen LogP contribution in [0, 0.1) is 12.8 Å². The zero-order valence-electron chi connectivity index (χ0n) is 9.90. The molecule has 2 rings (SSSR count). The van der Waals surface area contributed by atoms with Gasteiger partial charge in [0.05, 0.1) is 23.7 Å². The summed E-state index contributed by atoms with van der Waals surface area (Å²) in [5.74, 6) is -0.220. The topological polar surface area (TPSA) is 62.3 Å². The van der Waals surface area contributed by atoms with E-state index in [4.69, 9.17) is 0 Å². The molecule has 0 aliphatic carbocycles. The highest BCUT2D eigenvalue weighted by Crippen LogP contribution is 2.17. The van der Waals surface area contributed by atoms with Crippen LogP contribution in [0.1, 0.15) is 17.0 Å². The van der Waals surface area contributed by atoms with Crippen LogP contribution in [0.4, 0.5) is 0 Å². The number of nitrogens with one attached hydrogen (secondary N) is 1. The largest absolute Gasteiger partial charge is 0.355 e. The zero-order chi connectivity index (χ0) is 12.4. The normalized spacial score (nSPS) is 19.2. The van der Waals surface area contributed by atoms with E-state index in [0.717, 1.165) is 10.6 Å². The molecule has 0 spiro atoms. The van der Waals surface area contributed by atoms with Gasteiger partial charge >= 0.3 is 0 Å². The van der Waals surface area contributed by atoms with Gasteiger partial charge in [0.1, 0.15) is 0 Å². The Morgan fingerprint density at radius 2 is 2.47 bits per heavy atom. The molecule has 1 N–H and O–H groups in total. The van der Waals surface area contributed by atoms with Gasteiger partial charge in [-0.05, 0) is 6.92 Å². The summed E-state index contributed by atoms with van der Waals surface area (Å²) in [6.45, 7) is 2.97. The number of nitrogens with zero attached hydrogens (tertiary/aromatic N) is 2. The smallest absolute Gasteiger partial charge is 0.228 e. The predicted octanol–water partition coefficient (Wildman–Crippen LogP) is 0.546. The van der Waals surface area contributed by atoms with Crippen LogP contribution < -0.4 is 5.32 Å². The van der Waals surface area contributed by atoms with Gasteiger partial charge < -0.3 is 10.2 Å². The van der Waals surface area contributed by atoms with E-state index in [1.54, 1.807) is 28.8 Å². The van der Waals surface area contributed by atoms with Crippen LogP contribution in [0.5, 0.6) is 0 Å². The lowest BCUT2D eigenvalue weighted by Crippen LogP contribution is -2.33. The number of aryl methyl sites for hydroxylation is 1. The maximum Gasteiger partial charge on any atom is 0.228 e. The van der Waals surface area contributed by atoms with Crippen LogP contribution in [-0.2, 0) is 16.1 Å². The van der Waals surface area contributed by atoms with Crippen LogP contribution in [0.2, 0.25) is 0 Å². The summed E-state index contributed by atoms with van der Waals surface area (Å²) in [6, 6.07) is 0. The molecule has 2 heterocycles. The molecule has 6 heteroatoms. The summed E-state index contributed by atoms with van der Waals surface area (Å²) >= 11 is 1.55. The highest BCUT2D eigenvalue weighted by molar-refractivity contribution is 7.09. The van der Waals surface area contributed by atoms with Gasteiger partial charge in [-0.1, -0.05) is 0 Å².